The monoisotopic (exact) mass is 259 g/mol. The van der Waals surface area contributed by atoms with Gasteiger partial charge in [-0.05, 0) is 13.8 Å². The van der Waals surface area contributed by atoms with E-state index in [1.165, 1.54) is 0 Å². The van der Waals surface area contributed by atoms with Gasteiger partial charge >= 0.3 is 0 Å². The molecule has 18 heavy (non-hydrogen) atoms. The van der Waals surface area contributed by atoms with Crippen LogP contribution in [0.15, 0.2) is 0 Å². The van der Waals surface area contributed by atoms with Crippen LogP contribution in [0.5, 0.6) is 0 Å². The number of hydrogen-bond acceptors (Lipinski definition) is 5. The average Bonchev–Trinajstić information content (AvgIpc) is 2.35. The first-order valence-corrected chi connectivity index (χ1v) is 6.97. The normalized spacial score (nSPS) is 20.5. The standard InChI is InChI=1S/C13H29N3O2/c1-12(2)16-7-5-15(6-8-16)11-13(17)10-14-4-9-18-3/h12-14,17H,4-11H2,1-3H3. The summed E-state index contributed by atoms with van der Waals surface area (Å²) in [4.78, 5) is 4.83. The van der Waals surface area contributed by atoms with Gasteiger partial charge in [0.2, 0.25) is 0 Å². The van der Waals surface area contributed by atoms with Crippen molar-refractivity contribution in [2.24, 2.45) is 0 Å². The van der Waals surface area contributed by atoms with Gasteiger partial charge in [0.1, 0.15) is 0 Å². The molecule has 0 aromatic heterocycles. The van der Waals surface area contributed by atoms with Crippen LogP contribution in [0.4, 0.5) is 0 Å². The van der Waals surface area contributed by atoms with E-state index in [1.807, 2.05) is 0 Å². The number of hydrogen-bond donors (Lipinski definition) is 2. The molecule has 1 heterocycles. The molecule has 0 radical (unpaired) electrons. The van der Waals surface area contributed by atoms with E-state index in [2.05, 4.69) is 29.0 Å². The molecule has 1 aliphatic rings. The molecule has 0 spiro atoms. The van der Waals surface area contributed by atoms with E-state index in [0.717, 1.165) is 39.3 Å². The molecule has 1 unspecified atom stereocenters. The highest BCUT2D eigenvalue weighted by Gasteiger charge is 2.20. The lowest BCUT2D eigenvalue weighted by Crippen LogP contribution is -2.51. The van der Waals surface area contributed by atoms with E-state index in [1.54, 1.807) is 7.11 Å². The first-order chi connectivity index (χ1) is 8.63. The summed E-state index contributed by atoms with van der Waals surface area (Å²) in [5, 5.41) is 13.1. The Kier molecular flexibility index (Phi) is 7.77. The summed E-state index contributed by atoms with van der Waals surface area (Å²) in [5.74, 6) is 0. The van der Waals surface area contributed by atoms with Gasteiger partial charge in [0, 0.05) is 59.0 Å². The van der Waals surface area contributed by atoms with Crippen LogP contribution in [0.25, 0.3) is 0 Å². The van der Waals surface area contributed by atoms with Crippen LogP contribution in [0.1, 0.15) is 13.8 Å². The van der Waals surface area contributed by atoms with Gasteiger partial charge in [-0.3, -0.25) is 9.80 Å². The number of β-amino-alcohol motifs (C(OH)–C–C–N with tert-alkyl or cyclic N) is 1. The summed E-state index contributed by atoms with van der Waals surface area (Å²) in [5.41, 5.74) is 0. The van der Waals surface area contributed by atoms with Gasteiger partial charge < -0.3 is 15.2 Å². The van der Waals surface area contributed by atoms with Crippen molar-refractivity contribution in [2.45, 2.75) is 26.0 Å². The lowest BCUT2D eigenvalue weighted by molar-refractivity contribution is 0.0615. The highest BCUT2D eigenvalue weighted by atomic mass is 16.5. The highest BCUT2D eigenvalue weighted by Crippen LogP contribution is 2.06. The number of piperazine rings is 1. The number of ether oxygens (including phenoxy) is 1. The van der Waals surface area contributed by atoms with Gasteiger partial charge in [-0.2, -0.15) is 0 Å². The molecule has 108 valence electrons. The van der Waals surface area contributed by atoms with Crippen LogP contribution >= 0.6 is 0 Å². The van der Waals surface area contributed by atoms with Gasteiger partial charge in [-0.1, -0.05) is 0 Å². The second-order valence-electron chi connectivity index (χ2n) is 5.28. The summed E-state index contributed by atoms with van der Waals surface area (Å²) < 4.78 is 4.95. The molecule has 1 saturated heterocycles. The molecule has 0 aliphatic carbocycles. The maximum absolute atomic E-state index is 9.92. The van der Waals surface area contributed by atoms with E-state index < -0.39 is 0 Å². The molecule has 0 aromatic carbocycles. The third-order valence-electron chi connectivity index (χ3n) is 3.47. The molecular formula is C13H29N3O2. The van der Waals surface area contributed by atoms with Crippen LogP contribution in [0.3, 0.4) is 0 Å². The molecule has 1 rings (SSSR count). The lowest BCUT2D eigenvalue weighted by Gasteiger charge is -2.37. The first-order valence-electron chi connectivity index (χ1n) is 6.97. The van der Waals surface area contributed by atoms with E-state index >= 15 is 0 Å². The molecule has 1 aliphatic heterocycles. The van der Waals surface area contributed by atoms with Gasteiger partial charge in [0.15, 0.2) is 0 Å². The van der Waals surface area contributed by atoms with E-state index in [0.29, 0.717) is 19.2 Å². The molecule has 0 amide bonds. The highest BCUT2D eigenvalue weighted by molar-refractivity contribution is 4.76. The van der Waals surface area contributed by atoms with Crippen molar-refractivity contribution in [1.29, 1.82) is 0 Å². The lowest BCUT2D eigenvalue weighted by atomic mass is 10.2. The molecular weight excluding hydrogens is 230 g/mol. The molecule has 2 N–H and O–H groups in total. The number of aliphatic hydroxyl groups is 1. The van der Waals surface area contributed by atoms with E-state index in [-0.39, 0.29) is 6.10 Å². The molecule has 0 aromatic rings. The summed E-state index contributed by atoms with van der Waals surface area (Å²) in [6.07, 6.45) is -0.285. The zero-order chi connectivity index (χ0) is 13.4. The zero-order valence-electron chi connectivity index (χ0n) is 12.1. The Morgan fingerprint density at radius 1 is 1.22 bits per heavy atom. The Labute approximate surface area is 111 Å². The second kappa shape index (κ2) is 8.82. The number of rotatable bonds is 8. The Hall–Kier alpha value is -0.200. The summed E-state index contributed by atoms with van der Waals surface area (Å²) in [7, 11) is 1.69. The van der Waals surface area contributed by atoms with Crippen LogP contribution in [-0.4, -0.2) is 86.6 Å². The van der Waals surface area contributed by atoms with Crippen molar-refractivity contribution in [3.63, 3.8) is 0 Å². The minimum absolute atomic E-state index is 0.285. The predicted molar refractivity (Wildman–Crippen MR) is 73.9 cm³/mol. The fraction of sp³-hybridized carbons (Fsp3) is 1.00. The third-order valence-corrected chi connectivity index (χ3v) is 3.47. The van der Waals surface area contributed by atoms with Gasteiger partial charge in [0.05, 0.1) is 12.7 Å². The molecule has 0 bridgehead atoms. The van der Waals surface area contributed by atoms with Crippen molar-refractivity contribution >= 4 is 0 Å². The minimum atomic E-state index is -0.285. The number of aliphatic hydroxyl groups excluding tert-OH is 1. The Balaban J connectivity index is 2.08. The van der Waals surface area contributed by atoms with Crippen molar-refractivity contribution in [3.05, 3.63) is 0 Å². The van der Waals surface area contributed by atoms with Crippen molar-refractivity contribution in [1.82, 2.24) is 15.1 Å². The van der Waals surface area contributed by atoms with Gasteiger partial charge in [-0.15, -0.1) is 0 Å². The van der Waals surface area contributed by atoms with Gasteiger partial charge in [-0.25, -0.2) is 0 Å². The molecule has 0 saturated carbocycles. The van der Waals surface area contributed by atoms with Crippen molar-refractivity contribution in [2.75, 3.05) is 59.5 Å². The number of methoxy groups -OCH3 is 1. The SMILES string of the molecule is COCCNCC(O)CN1CCN(C(C)C)CC1. The van der Waals surface area contributed by atoms with Crippen LogP contribution in [0, 0.1) is 0 Å². The summed E-state index contributed by atoms with van der Waals surface area (Å²) in [6, 6.07) is 0.632. The van der Waals surface area contributed by atoms with Crippen LogP contribution < -0.4 is 5.32 Å². The molecule has 1 atom stereocenters. The summed E-state index contributed by atoms with van der Waals surface area (Å²) in [6.45, 7) is 11.7. The van der Waals surface area contributed by atoms with Crippen LogP contribution in [0.2, 0.25) is 0 Å². The fourth-order valence-electron chi connectivity index (χ4n) is 2.27. The fourth-order valence-corrected chi connectivity index (χ4v) is 2.27. The zero-order valence-corrected chi connectivity index (χ0v) is 12.1. The quantitative estimate of drug-likeness (QED) is 0.581. The second-order valence-corrected chi connectivity index (χ2v) is 5.28. The van der Waals surface area contributed by atoms with Crippen molar-refractivity contribution < 1.29 is 9.84 Å². The van der Waals surface area contributed by atoms with Gasteiger partial charge in [0.25, 0.3) is 0 Å². The van der Waals surface area contributed by atoms with E-state index in [9.17, 15) is 5.11 Å². The molecule has 5 heteroatoms. The third kappa shape index (κ3) is 6.11. The Morgan fingerprint density at radius 2 is 1.89 bits per heavy atom. The Morgan fingerprint density at radius 3 is 2.44 bits per heavy atom. The summed E-state index contributed by atoms with van der Waals surface area (Å²) >= 11 is 0. The molecule has 5 nitrogen and oxygen atoms in total. The van der Waals surface area contributed by atoms with E-state index in [4.69, 9.17) is 4.74 Å². The Bertz CT molecular complexity index is 206. The smallest absolute Gasteiger partial charge is 0.0791 e. The topological polar surface area (TPSA) is 48.0 Å². The number of nitrogens with zero attached hydrogens (tertiary/aromatic N) is 2. The van der Waals surface area contributed by atoms with Crippen molar-refractivity contribution in [3.8, 4) is 0 Å². The number of nitrogens with one attached hydrogen (secondary N) is 1. The minimum Gasteiger partial charge on any atom is -0.390 e. The van der Waals surface area contributed by atoms with Crippen LogP contribution in [-0.2, 0) is 4.74 Å². The molecule has 1 fully saturated rings. The maximum atomic E-state index is 9.92. The average molecular weight is 259 g/mol. The first kappa shape index (κ1) is 15.9. The predicted octanol–water partition coefficient (Wildman–Crippen LogP) is -0.391. The largest absolute Gasteiger partial charge is 0.390 e. The maximum Gasteiger partial charge on any atom is 0.0791 e.